The molecule has 3 aromatic rings. The Kier molecular flexibility index (Phi) is 7.20. The molecule has 0 atom stereocenters. The number of nitrogens with one attached hydrogen (secondary N) is 1. The summed E-state index contributed by atoms with van der Waals surface area (Å²) in [5, 5.41) is 2.96. The van der Waals surface area contributed by atoms with Gasteiger partial charge in [-0.05, 0) is 61.9 Å². The molecule has 1 N–H and O–H groups in total. The summed E-state index contributed by atoms with van der Waals surface area (Å²) >= 11 is 0. The molecule has 1 amide bonds. The maximum absolute atomic E-state index is 13.3. The number of unbranched alkanes of at least 4 members (excludes halogenated alkanes) is 1. The van der Waals surface area contributed by atoms with Gasteiger partial charge in [-0.15, -0.1) is 0 Å². The van der Waals surface area contributed by atoms with E-state index < -0.39 is 0 Å². The van der Waals surface area contributed by atoms with Crippen molar-refractivity contribution in [3.05, 3.63) is 64.4 Å². The molecule has 1 aliphatic heterocycles. The van der Waals surface area contributed by atoms with Crippen LogP contribution in [0.3, 0.4) is 0 Å². The van der Waals surface area contributed by atoms with Crippen molar-refractivity contribution in [1.29, 1.82) is 0 Å². The van der Waals surface area contributed by atoms with Crippen molar-refractivity contribution >= 4 is 28.4 Å². The number of aryl methyl sites for hydroxylation is 2. The Labute approximate surface area is 189 Å². The number of para-hydroxylation sites is 2. The van der Waals surface area contributed by atoms with Gasteiger partial charge in [0.2, 0.25) is 5.91 Å². The normalized spacial score (nSPS) is 14.0. The second-order valence-corrected chi connectivity index (χ2v) is 8.53. The van der Waals surface area contributed by atoms with Crippen molar-refractivity contribution in [1.82, 2.24) is 9.55 Å². The molecule has 1 saturated heterocycles. The van der Waals surface area contributed by atoms with Crippen molar-refractivity contribution < 1.29 is 4.79 Å². The third-order valence-corrected chi connectivity index (χ3v) is 6.11. The number of rotatable bonds is 8. The predicted molar refractivity (Wildman–Crippen MR) is 130 cm³/mol. The Balaban J connectivity index is 1.49. The Hall–Kier alpha value is -3.15. The molecule has 2 aromatic carbocycles. The Morgan fingerprint density at radius 1 is 1.03 bits per heavy atom. The summed E-state index contributed by atoms with van der Waals surface area (Å²) in [6.45, 7) is 4.22. The van der Waals surface area contributed by atoms with E-state index in [0.717, 1.165) is 49.1 Å². The molecular weight excluding hydrogens is 400 g/mol. The quantitative estimate of drug-likeness (QED) is 0.557. The molecule has 0 unspecified atom stereocenters. The largest absolute Gasteiger partial charge is 0.352 e. The second-order valence-electron chi connectivity index (χ2n) is 8.53. The maximum Gasteiger partial charge on any atom is 0.294 e. The number of anilines is 2. The van der Waals surface area contributed by atoms with E-state index in [0.29, 0.717) is 12.4 Å². The molecule has 0 saturated carbocycles. The highest BCUT2D eigenvalue weighted by Crippen LogP contribution is 2.19. The minimum atomic E-state index is -0.112. The molecule has 0 radical (unpaired) electrons. The summed E-state index contributed by atoms with van der Waals surface area (Å²) in [7, 11) is 0. The highest BCUT2D eigenvalue weighted by molar-refractivity contribution is 5.90. The first-order valence-corrected chi connectivity index (χ1v) is 11.8. The van der Waals surface area contributed by atoms with Crippen LogP contribution in [0.1, 0.15) is 51.0 Å². The number of carbonyl (C=O) groups excluding carboxylic acids is 1. The molecule has 0 bridgehead atoms. The van der Waals surface area contributed by atoms with Crippen molar-refractivity contribution in [2.75, 3.05) is 23.3 Å². The lowest BCUT2D eigenvalue weighted by Gasteiger charge is -2.27. The van der Waals surface area contributed by atoms with E-state index in [1.165, 1.54) is 24.8 Å². The molecule has 0 spiro atoms. The topological polar surface area (TPSA) is 67.2 Å². The first-order valence-electron chi connectivity index (χ1n) is 11.8. The Morgan fingerprint density at radius 3 is 2.53 bits per heavy atom. The zero-order valence-corrected chi connectivity index (χ0v) is 18.8. The standard InChI is InChI=1S/C26H32N4O2/c1-2-3-9-20-12-14-21(15-13-20)27-24(31)16-19-30-23-11-6-5-10-22(23)28-25(26(30)32)29-17-7-4-8-18-29/h5-6,10-15H,2-4,7-9,16-19H2,1H3,(H,27,31). The molecule has 2 heterocycles. The van der Waals surface area contributed by atoms with Gasteiger partial charge in [0.05, 0.1) is 11.0 Å². The average Bonchev–Trinajstić information content (AvgIpc) is 2.83. The molecular formula is C26H32N4O2. The molecule has 1 aromatic heterocycles. The lowest BCUT2D eigenvalue weighted by Crippen LogP contribution is -2.37. The number of aromatic nitrogens is 2. The van der Waals surface area contributed by atoms with Gasteiger partial charge >= 0.3 is 0 Å². The van der Waals surface area contributed by atoms with Gasteiger partial charge in [0.15, 0.2) is 5.82 Å². The fraction of sp³-hybridized carbons (Fsp3) is 0.423. The summed E-state index contributed by atoms with van der Waals surface area (Å²) in [4.78, 5) is 32.7. The summed E-state index contributed by atoms with van der Waals surface area (Å²) < 4.78 is 1.71. The van der Waals surface area contributed by atoms with Crippen LogP contribution in [0.15, 0.2) is 53.3 Å². The molecule has 1 aliphatic rings. The molecule has 168 valence electrons. The van der Waals surface area contributed by atoms with Crippen molar-refractivity contribution in [2.45, 2.75) is 58.4 Å². The van der Waals surface area contributed by atoms with Crippen LogP contribution in [-0.4, -0.2) is 28.5 Å². The van der Waals surface area contributed by atoms with E-state index in [4.69, 9.17) is 0 Å². The van der Waals surface area contributed by atoms with Gasteiger partial charge in [-0.3, -0.25) is 9.59 Å². The van der Waals surface area contributed by atoms with Gasteiger partial charge in [0.25, 0.3) is 5.56 Å². The smallest absolute Gasteiger partial charge is 0.294 e. The third-order valence-electron chi connectivity index (χ3n) is 6.11. The van der Waals surface area contributed by atoms with Crippen LogP contribution >= 0.6 is 0 Å². The average molecular weight is 433 g/mol. The van der Waals surface area contributed by atoms with Crippen LogP contribution in [0.5, 0.6) is 0 Å². The fourth-order valence-corrected chi connectivity index (χ4v) is 4.29. The van der Waals surface area contributed by atoms with Crippen LogP contribution in [0, 0.1) is 0 Å². The lowest BCUT2D eigenvalue weighted by molar-refractivity contribution is -0.116. The van der Waals surface area contributed by atoms with E-state index in [9.17, 15) is 9.59 Å². The zero-order valence-electron chi connectivity index (χ0n) is 18.8. The van der Waals surface area contributed by atoms with Gasteiger partial charge in [-0.2, -0.15) is 0 Å². The highest BCUT2D eigenvalue weighted by atomic mass is 16.2. The number of amides is 1. The minimum Gasteiger partial charge on any atom is -0.352 e. The lowest BCUT2D eigenvalue weighted by atomic mass is 10.1. The van der Waals surface area contributed by atoms with Crippen LogP contribution in [0.25, 0.3) is 11.0 Å². The van der Waals surface area contributed by atoms with Crippen LogP contribution in [0.4, 0.5) is 11.5 Å². The van der Waals surface area contributed by atoms with E-state index in [2.05, 4.69) is 34.3 Å². The van der Waals surface area contributed by atoms with Gasteiger partial charge in [0.1, 0.15) is 0 Å². The summed E-state index contributed by atoms with van der Waals surface area (Å²) in [5.41, 5.74) is 3.52. The number of piperidine rings is 1. The molecule has 6 heteroatoms. The summed E-state index contributed by atoms with van der Waals surface area (Å²) in [6, 6.07) is 15.7. The Morgan fingerprint density at radius 2 is 1.78 bits per heavy atom. The number of carbonyl (C=O) groups is 1. The monoisotopic (exact) mass is 432 g/mol. The van der Waals surface area contributed by atoms with E-state index in [1.807, 2.05) is 36.4 Å². The second kappa shape index (κ2) is 10.4. The summed E-state index contributed by atoms with van der Waals surface area (Å²) in [5.74, 6) is 0.408. The van der Waals surface area contributed by atoms with E-state index in [1.54, 1.807) is 4.57 Å². The number of benzene rings is 2. The molecule has 6 nitrogen and oxygen atoms in total. The third kappa shape index (κ3) is 5.18. The zero-order chi connectivity index (χ0) is 22.3. The maximum atomic E-state index is 13.3. The SMILES string of the molecule is CCCCc1ccc(NC(=O)CCn2c(=O)c(N3CCCCC3)nc3ccccc32)cc1. The number of nitrogens with zero attached hydrogens (tertiary/aromatic N) is 3. The summed E-state index contributed by atoms with van der Waals surface area (Å²) in [6.07, 6.45) is 6.97. The van der Waals surface area contributed by atoms with E-state index >= 15 is 0 Å². The van der Waals surface area contributed by atoms with Crippen LogP contribution in [0.2, 0.25) is 0 Å². The van der Waals surface area contributed by atoms with Crippen LogP contribution < -0.4 is 15.8 Å². The fourth-order valence-electron chi connectivity index (χ4n) is 4.29. The first kappa shape index (κ1) is 22.1. The van der Waals surface area contributed by atoms with Crippen molar-refractivity contribution in [3.8, 4) is 0 Å². The van der Waals surface area contributed by atoms with Crippen molar-refractivity contribution in [2.24, 2.45) is 0 Å². The Bertz CT molecular complexity index is 1110. The van der Waals surface area contributed by atoms with Gasteiger partial charge in [0, 0.05) is 31.7 Å². The number of hydrogen-bond acceptors (Lipinski definition) is 4. The van der Waals surface area contributed by atoms with Gasteiger partial charge < -0.3 is 14.8 Å². The van der Waals surface area contributed by atoms with E-state index in [-0.39, 0.29) is 17.9 Å². The molecule has 1 fully saturated rings. The number of fused-ring (bicyclic) bond motifs is 1. The molecule has 0 aliphatic carbocycles. The van der Waals surface area contributed by atoms with Gasteiger partial charge in [-0.1, -0.05) is 37.6 Å². The molecule has 32 heavy (non-hydrogen) atoms. The minimum absolute atomic E-state index is 0.0985. The van der Waals surface area contributed by atoms with Gasteiger partial charge in [-0.25, -0.2) is 4.98 Å². The van der Waals surface area contributed by atoms with Crippen molar-refractivity contribution in [3.63, 3.8) is 0 Å². The predicted octanol–water partition coefficient (Wildman–Crippen LogP) is 4.76. The first-order chi connectivity index (χ1) is 15.7. The number of hydrogen-bond donors (Lipinski definition) is 1. The van der Waals surface area contributed by atoms with Crippen LogP contribution in [-0.2, 0) is 17.8 Å². The highest BCUT2D eigenvalue weighted by Gasteiger charge is 2.19. The molecule has 4 rings (SSSR count).